The van der Waals surface area contributed by atoms with Crippen LogP contribution in [0.15, 0.2) is 54.9 Å². The van der Waals surface area contributed by atoms with Crippen molar-refractivity contribution in [2.24, 2.45) is 5.73 Å². The zero-order valence-corrected chi connectivity index (χ0v) is 16.6. The molecule has 0 unspecified atom stereocenters. The second kappa shape index (κ2) is 7.80. The molecule has 4 N–H and O–H groups in total. The molecule has 0 aliphatic heterocycles. The van der Waals surface area contributed by atoms with E-state index in [9.17, 15) is 9.59 Å². The predicted octanol–water partition coefficient (Wildman–Crippen LogP) is 2.42. The first kappa shape index (κ1) is 19.3. The van der Waals surface area contributed by atoms with Crippen LogP contribution in [0.5, 0.6) is 0 Å². The van der Waals surface area contributed by atoms with E-state index in [4.69, 9.17) is 5.73 Å². The van der Waals surface area contributed by atoms with Crippen molar-refractivity contribution in [3.63, 3.8) is 0 Å². The molecule has 2 aromatic heterocycles. The lowest BCUT2D eigenvalue weighted by molar-refractivity contribution is 0.0961. The highest BCUT2D eigenvalue weighted by molar-refractivity contribution is 6.14. The molecule has 0 aliphatic rings. The van der Waals surface area contributed by atoms with E-state index in [1.165, 1.54) is 11.2 Å². The normalized spacial score (nSPS) is 11.2. The van der Waals surface area contributed by atoms with Gasteiger partial charge in [0.25, 0.3) is 11.8 Å². The Morgan fingerprint density at radius 3 is 2.53 bits per heavy atom. The molecular formula is C21H21N7O2. The third kappa shape index (κ3) is 3.53. The lowest BCUT2D eigenvalue weighted by atomic mass is 10.1. The SMILES string of the molecule is CN(C)Cc1ccccc1N(C(=O)c1nc[nH]c1C(N)=O)c1nc2ccccc2[nH]1. The van der Waals surface area contributed by atoms with E-state index in [2.05, 4.69) is 19.9 Å². The van der Waals surface area contributed by atoms with Gasteiger partial charge < -0.3 is 20.6 Å². The van der Waals surface area contributed by atoms with Gasteiger partial charge in [-0.2, -0.15) is 0 Å². The number of nitrogens with two attached hydrogens (primary N) is 1. The molecule has 0 aliphatic carbocycles. The van der Waals surface area contributed by atoms with Gasteiger partial charge in [0.15, 0.2) is 5.69 Å². The molecule has 30 heavy (non-hydrogen) atoms. The third-order valence-electron chi connectivity index (χ3n) is 4.60. The van der Waals surface area contributed by atoms with Crippen LogP contribution < -0.4 is 10.6 Å². The molecule has 0 saturated carbocycles. The van der Waals surface area contributed by atoms with Gasteiger partial charge in [0, 0.05) is 6.54 Å². The molecule has 0 fully saturated rings. The van der Waals surface area contributed by atoms with Crippen LogP contribution in [0.4, 0.5) is 11.6 Å². The largest absolute Gasteiger partial charge is 0.364 e. The number of H-pyrrole nitrogens is 2. The zero-order chi connectivity index (χ0) is 21.3. The summed E-state index contributed by atoms with van der Waals surface area (Å²) in [6, 6.07) is 15.0. The summed E-state index contributed by atoms with van der Waals surface area (Å²) in [5.74, 6) is -0.955. The summed E-state index contributed by atoms with van der Waals surface area (Å²) in [6.45, 7) is 0.601. The first-order valence-electron chi connectivity index (χ1n) is 9.30. The van der Waals surface area contributed by atoms with Crippen LogP contribution in [0, 0.1) is 0 Å². The minimum absolute atomic E-state index is 0.0498. The van der Waals surface area contributed by atoms with Crippen LogP contribution in [-0.4, -0.2) is 50.7 Å². The average Bonchev–Trinajstić information content (AvgIpc) is 3.36. The van der Waals surface area contributed by atoms with Crippen molar-refractivity contribution >= 4 is 34.5 Å². The molecule has 2 heterocycles. The fourth-order valence-electron chi connectivity index (χ4n) is 3.32. The van der Waals surface area contributed by atoms with Gasteiger partial charge in [0.2, 0.25) is 5.95 Å². The number of hydrogen-bond acceptors (Lipinski definition) is 5. The quantitative estimate of drug-likeness (QED) is 0.456. The Hall–Kier alpha value is -3.98. The maximum absolute atomic E-state index is 13.6. The number of aromatic nitrogens is 4. The molecule has 0 atom stereocenters. The smallest absolute Gasteiger partial charge is 0.286 e. The van der Waals surface area contributed by atoms with Crippen LogP contribution >= 0.6 is 0 Å². The number of imidazole rings is 2. The molecule has 2 amide bonds. The van der Waals surface area contributed by atoms with E-state index >= 15 is 0 Å². The van der Waals surface area contributed by atoms with E-state index in [0.717, 1.165) is 11.1 Å². The maximum atomic E-state index is 13.6. The van der Waals surface area contributed by atoms with Gasteiger partial charge in [-0.05, 0) is 37.9 Å². The standard InChI is InChI=1S/C21H21N7O2/c1-27(2)11-13-7-3-6-10-16(13)28(20(30)18-17(19(22)29)23-12-24-18)21-25-14-8-4-5-9-15(14)26-21/h3-10,12H,11H2,1-2H3,(H2,22,29)(H,23,24)(H,25,26). The van der Waals surface area contributed by atoms with Crippen molar-refractivity contribution in [3.05, 3.63) is 71.8 Å². The minimum Gasteiger partial charge on any atom is -0.364 e. The Morgan fingerprint density at radius 2 is 1.80 bits per heavy atom. The predicted molar refractivity (Wildman–Crippen MR) is 114 cm³/mol. The number of rotatable bonds is 6. The van der Waals surface area contributed by atoms with E-state index in [1.807, 2.05) is 67.5 Å². The fraction of sp³-hybridized carbons (Fsp3) is 0.143. The Bertz CT molecular complexity index is 1190. The second-order valence-corrected chi connectivity index (χ2v) is 7.08. The number of benzene rings is 2. The maximum Gasteiger partial charge on any atom is 0.286 e. The number of amides is 2. The molecule has 4 rings (SSSR count). The molecule has 0 spiro atoms. The van der Waals surface area contributed by atoms with Crippen molar-refractivity contribution in [3.8, 4) is 0 Å². The Morgan fingerprint density at radius 1 is 1.07 bits per heavy atom. The van der Waals surface area contributed by atoms with Crippen LogP contribution in [0.3, 0.4) is 0 Å². The summed E-state index contributed by atoms with van der Waals surface area (Å²) in [5.41, 5.74) is 8.35. The van der Waals surface area contributed by atoms with E-state index in [0.29, 0.717) is 23.7 Å². The number of nitrogens with one attached hydrogen (secondary N) is 2. The van der Waals surface area contributed by atoms with Crippen molar-refractivity contribution in [2.75, 3.05) is 19.0 Å². The summed E-state index contributed by atoms with van der Waals surface area (Å²) in [4.78, 5) is 43.3. The number of fused-ring (bicyclic) bond motifs is 1. The highest BCUT2D eigenvalue weighted by atomic mass is 16.2. The Balaban J connectivity index is 1.91. The van der Waals surface area contributed by atoms with Gasteiger partial charge in [-0.3, -0.25) is 9.59 Å². The number of anilines is 2. The molecule has 9 heteroatoms. The molecule has 152 valence electrons. The third-order valence-corrected chi connectivity index (χ3v) is 4.60. The van der Waals surface area contributed by atoms with Crippen molar-refractivity contribution in [2.45, 2.75) is 6.54 Å². The summed E-state index contributed by atoms with van der Waals surface area (Å²) in [7, 11) is 3.89. The highest BCUT2D eigenvalue weighted by Crippen LogP contribution is 2.31. The summed E-state index contributed by atoms with van der Waals surface area (Å²) in [5, 5.41) is 0. The number of carbonyl (C=O) groups is 2. The number of primary amides is 1. The van der Waals surface area contributed by atoms with Crippen LogP contribution in [0.2, 0.25) is 0 Å². The molecule has 0 bridgehead atoms. The summed E-state index contributed by atoms with van der Waals surface area (Å²) in [6.07, 6.45) is 1.27. The van der Waals surface area contributed by atoms with Crippen LogP contribution in [0.25, 0.3) is 11.0 Å². The molecule has 2 aromatic carbocycles. The van der Waals surface area contributed by atoms with Gasteiger partial charge in [0.1, 0.15) is 5.69 Å². The Labute approximate surface area is 172 Å². The van der Waals surface area contributed by atoms with E-state index in [1.54, 1.807) is 0 Å². The molecule has 0 saturated heterocycles. The average molecular weight is 403 g/mol. The first-order chi connectivity index (χ1) is 14.5. The van der Waals surface area contributed by atoms with Crippen LogP contribution in [0.1, 0.15) is 26.5 Å². The lowest BCUT2D eigenvalue weighted by Gasteiger charge is -2.23. The first-order valence-corrected chi connectivity index (χ1v) is 9.30. The molecule has 0 radical (unpaired) electrons. The number of carbonyl (C=O) groups excluding carboxylic acids is 2. The molecule has 9 nitrogen and oxygen atoms in total. The fourth-order valence-corrected chi connectivity index (χ4v) is 3.32. The number of para-hydroxylation sites is 3. The highest BCUT2D eigenvalue weighted by Gasteiger charge is 2.29. The second-order valence-electron chi connectivity index (χ2n) is 7.08. The molecule has 4 aromatic rings. The van der Waals surface area contributed by atoms with Gasteiger partial charge >= 0.3 is 0 Å². The Kier molecular flexibility index (Phi) is 5.03. The van der Waals surface area contributed by atoms with E-state index in [-0.39, 0.29) is 11.4 Å². The van der Waals surface area contributed by atoms with Gasteiger partial charge in [-0.25, -0.2) is 14.9 Å². The topological polar surface area (TPSA) is 124 Å². The van der Waals surface area contributed by atoms with Gasteiger partial charge in [-0.1, -0.05) is 30.3 Å². The number of nitrogens with zero attached hydrogens (tertiary/aromatic N) is 4. The van der Waals surface area contributed by atoms with Crippen molar-refractivity contribution in [1.29, 1.82) is 0 Å². The zero-order valence-electron chi connectivity index (χ0n) is 16.6. The molecular weight excluding hydrogens is 382 g/mol. The number of hydrogen-bond donors (Lipinski definition) is 3. The van der Waals surface area contributed by atoms with Crippen molar-refractivity contribution in [1.82, 2.24) is 24.8 Å². The van der Waals surface area contributed by atoms with Gasteiger partial charge in [0.05, 0.1) is 23.0 Å². The summed E-state index contributed by atoms with van der Waals surface area (Å²) < 4.78 is 0. The lowest BCUT2D eigenvalue weighted by Crippen LogP contribution is -2.31. The monoisotopic (exact) mass is 403 g/mol. The van der Waals surface area contributed by atoms with Gasteiger partial charge in [-0.15, -0.1) is 0 Å². The van der Waals surface area contributed by atoms with Crippen LogP contribution in [-0.2, 0) is 6.54 Å². The summed E-state index contributed by atoms with van der Waals surface area (Å²) >= 11 is 0. The van der Waals surface area contributed by atoms with E-state index < -0.39 is 11.8 Å². The number of aromatic amines is 2. The minimum atomic E-state index is -0.762. The van der Waals surface area contributed by atoms with Crippen molar-refractivity contribution < 1.29 is 9.59 Å².